The SMILES string of the molecule is COc1cc(F)c(C(C)Nc2nccc(Oc3ccc(F)cc3)n2)cc1OC. The standard InChI is InChI=1S/C20H19F2N3O3/c1-12(15-10-17(26-2)18(27-3)11-16(15)22)24-20-23-9-8-19(25-20)28-14-6-4-13(21)5-7-14/h4-12H,1-3H3,(H,23,24,25). The van der Waals surface area contributed by atoms with Gasteiger partial charge >= 0.3 is 0 Å². The number of benzene rings is 2. The number of nitrogens with one attached hydrogen (secondary N) is 1. The zero-order valence-electron chi connectivity index (χ0n) is 15.6. The molecule has 1 aromatic heterocycles. The second kappa shape index (κ2) is 8.51. The van der Waals surface area contributed by atoms with Crippen molar-refractivity contribution in [3.63, 3.8) is 0 Å². The quantitative estimate of drug-likeness (QED) is 0.632. The average Bonchev–Trinajstić information content (AvgIpc) is 2.69. The normalized spacial score (nSPS) is 11.6. The molecular formula is C20H19F2N3O3. The Kier molecular flexibility index (Phi) is 5.88. The maximum Gasteiger partial charge on any atom is 0.226 e. The van der Waals surface area contributed by atoms with Crippen LogP contribution >= 0.6 is 0 Å². The first kappa shape index (κ1) is 19.3. The van der Waals surface area contributed by atoms with Crippen LogP contribution in [0.3, 0.4) is 0 Å². The van der Waals surface area contributed by atoms with E-state index in [1.807, 2.05) is 0 Å². The third-order valence-electron chi connectivity index (χ3n) is 3.98. The topological polar surface area (TPSA) is 65.5 Å². The molecule has 3 aromatic rings. The van der Waals surface area contributed by atoms with Crippen molar-refractivity contribution in [2.45, 2.75) is 13.0 Å². The molecule has 8 heteroatoms. The van der Waals surface area contributed by atoms with Gasteiger partial charge in [-0.15, -0.1) is 0 Å². The lowest BCUT2D eigenvalue weighted by Gasteiger charge is -2.17. The summed E-state index contributed by atoms with van der Waals surface area (Å²) >= 11 is 0. The number of methoxy groups -OCH3 is 2. The van der Waals surface area contributed by atoms with Crippen LogP contribution in [0.25, 0.3) is 0 Å². The summed E-state index contributed by atoms with van der Waals surface area (Å²) in [4.78, 5) is 8.37. The number of anilines is 1. The summed E-state index contributed by atoms with van der Waals surface area (Å²) in [5.41, 5.74) is 0.367. The molecule has 3 rings (SSSR count). The molecule has 6 nitrogen and oxygen atoms in total. The highest BCUT2D eigenvalue weighted by Crippen LogP contribution is 2.33. The Bertz CT molecular complexity index is 952. The van der Waals surface area contributed by atoms with Crippen LogP contribution in [0, 0.1) is 11.6 Å². The van der Waals surface area contributed by atoms with Crippen molar-refractivity contribution in [2.24, 2.45) is 0 Å². The van der Waals surface area contributed by atoms with Gasteiger partial charge in [0, 0.05) is 23.9 Å². The Morgan fingerprint density at radius 1 is 0.964 bits per heavy atom. The zero-order valence-corrected chi connectivity index (χ0v) is 15.6. The van der Waals surface area contributed by atoms with E-state index in [9.17, 15) is 8.78 Å². The predicted molar refractivity (Wildman–Crippen MR) is 100 cm³/mol. The van der Waals surface area contributed by atoms with Crippen molar-refractivity contribution in [3.8, 4) is 23.1 Å². The Labute approximate surface area is 161 Å². The number of hydrogen-bond acceptors (Lipinski definition) is 6. The molecule has 0 aliphatic carbocycles. The molecule has 0 radical (unpaired) electrons. The van der Waals surface area contributed by atoms with Gasteiger partial charge in [-0.3, -0.25) is 0 Å². The number of ether oxygens (including phenoxy) is 3. The summed E-state index contributed by atoms with van der Waals surface area (Å²) in [6.45, 7) is 1.77. The number of rotatable bonds is 7. The summed E-state index contributed by atoms with van der Waals surface area (Å²) in [5.74, 6) is 0.874. The van der Waals surface area contributed by atoms with Gasteiger partial charge < -0.3 is 19.5 Å². The molecule has 0 aliphatic heterocycles. The Hall–Kier alpha value is -3.42. The second-order valence-electron chi connectivity index (χ2n) is 5.87. The minimum atomic E-state index is -0.458. The molecule has 1 heterocycles. The third kappa shape index (κ3) is 4.46. The first-order valence-electron chi connectivity index (χ1n) is 8.44. The largest absolute Gasteiger partial charge is 0.493 e. The van der Waals surface area contributed by atoms with E-state index in [4.69, 9.17) is 14.2 Å². The van der Waals surface area contributed by atoms with Crippen LogP contribution in [0.1, 0.15) is 18.5 Å². The van der Waals surface area contributed by atoms with E-state index in [2.05, 4.69) is 15.3 Å². The number of hydrogen-bond donors (Lipinski definition) is 1. The second-order valence-corrected chi connectivity index (χ2v) is 5.87. The maximum absolute atomic E-state index is 14.4. The predicted octanol–water partition coefficient (Wildman–Crippen LogP) is 4.74. The van der Waals surface area contributed by atoms with Crippen LogP contribution in [-0.2, 0) is 0 Å². The summed E-state index contributed by atoms with van der Waals surface area (Å²) in [6.07, 6.45) is 1.51. The molecular weight excluding hydrogens is 368 g/mol. The van der Waals surface area contributed by atoms with Crippen molar-refractivity contribution in [2.75, 3.05) is 19.5 Å². The molecule has 1 unspecified atom stereocenters. The van der Waals surface area contributed by atoms with Crippen molar-refractivity contribution in [3.05, 3.63) is 65.9 Å². The molecule has 0 fully saturated rings. The molecule has 1 atom stereocenters. The van der Waals surface area contributed by atoms with Gasteiger partial charge in [0.05, 0.1) is 20.3 Å². The third-order valence-corrected chi connectivity index (χ3v) is 3.98. The Balaban J connectivity index is 1.77. The molecule has 146 valence electrons. The molecule has 1 N–H and O–H groups in total. The highest BCUT2D eigenvalue weighted by molar-refractivity contribution is 5.46. The van der Waals surface area contributed by atoms with Crippen LogP contribution in [0.15, 0.2) is 48.7 Å². The zero-order chi connectivity index (χ0) is 20.1. The van der Waals surface area contributed by atoms with Gasteiger partial charge in [-0.25, -0.2) is 13.8 Å². The van der Waals surface area contributed by atoms with Crippen LogP contribution < -0.4 is 19.5 Å². The van der Waals surface area contributed by atoms with Gasteiger partial charge in [0.25, 0.3) is 0 Å². The average molecular weight is 387 g/mol. The first-order valence-corrected chi connectivity index (χ1v) is 8.44. The van der Waals surface area contributed by atoms with E-state index in [0.717, 1.165) is 0 Å². The smallest absolute Gasteiger partial charge is 0.226 e. The maximum atomic E-state index is 14.4. The van der Waals surface area contributed by atoms with Crippen molar-refractivity contribution in [1.29, 1.82) is 0 Å². The Morgan fingerprint density at radius 2 is 1.64 bits per heavy atom. The molecule has 0 bridgehead atoms. The molecule has 28 heavy (non-hydrogen) atoms. The van der Waals surface area contributed by atoms with E-state index in [1.165, 1.54) is 50.7 Å². The molecule has 0 amide bonds. The van der Waals surface area contributed by atoms with Gasteiger partial charge in [-0.2, -0.15) is 4.98 Å². The van der Waals surface area contributed by atoms with E-state index >= 15 is 0 Å². The van der Waals surface area contributed by atoms with Gasteiger partial charge in [0.2, 0.25) is 11.8 Å². The van der Waals surface area contributed by atoms with Crippen LogP contribution in [0.2, 0.25) is 0 Å². The minimum absolute atomic E-state index is 0.251. The molecule has 0 aliphatic rings. The van der Waals surface area contributed by atoms with Crippen molar-refractivity contribution >= 4 is 5.95 Å². The Morgan fingerprint density at radius 3 is 2.32 bits per heavy atom. The fourth-order valence-electron chi connectivity index (χ4n) is 2.57. The van der Waals surface area contributed by atoms with Crippen LogP contribution in [-0.4, -0.2) is 24.2 Å². The highest BCUT2D eigenvalue weighted by atomic mass is 19.1. The summed E-state index contributed by atoms with van der Waals surface area (Å²) in [5, 5.41) is 3.02. The highest BCUT2D eigenvalue weighted by Gasteiger charge is 2.17. The van der Waals surface area contributed by atoms with Crippen molar-refractivity contribution in [1.82, 2.24) is 9.97 Å². The van der Waals surface area contributed by atoms with Gasteiger partial charge in [-0.1, -0.05) is 0 Å². The van der Waals surface area contributed by atoms with Crippen LogP contribution in [0.5, 0.6) is 23.1 Å². The van der Waals surface area contributed by atoms with E-state index in [0.29, 0.717) is 22.8 Å². The van der Waals surface area contributed by atoms with Crippen LogP contribution in [0.4, 0.5) is 14.7 Å². The molecule has 0 saturated heterocycles. The lowest BCUT2D eigenvalue weighted by molar-refractivity contribution is 0.351. The van der Waals surface area contributed by atoms with E-state index < -0.39 is 11.9 Å². The summed E-state index contributed by atoms with van der Waals surface area (Å²) in [6, 6.07) is 9.50. The lowest BCUT2D eigenvalue weighted by atomic mass is 10.1. The number of halogens is 2. The summed E-state index contributed by atoms with van der Waals surface area (Å²) < 4.78 is 43.3. The summed E-state index contributed by atoms with van der Waals surface area (Å²) in [7, 11) is 2.93. The number of nitrogens with zero attached hydrogens (tertiary/aromatic N) is 2. The van der Waals surface area contributed by atoms with Gasteiger partial charge in [0.1, 0.15) is 17.4 Å². The van der Waals surface area contributed by atoms with Gasteiger partial charge in [0.15, 0.2) is 11.5 Å². The fourth-order valence-corrected chi connectivity index (χ4v) is 2.57. The minimum Gasteiger partial charge on any atom is -0.493 e. The van der Waals surface area contributed by atoms with Gasteiger partial charge in [-0.05, 0) is 37.3 Å². The molecule has 0 saturated carbocycles. The lowest BCUT2D eigenvalue weighted by Crippen LogP contribution is -2.11. The molecule has 0 spiro atoms. The van der Waals surface area contributed by atoms with E-state index in [-0.39, 0.29) is 17.6 Å². The fraction of sp³-hybridized carbons (Fsp3) is 0.200. The number of aromatic nitrogens is 2. The van der Waals surface area contributed by atoms with E-state index in [1.54, 1.807) is 19.1 Å². The molecule has 2 aromatic carbocycles. The monoisotopic (exact) mass is 387 g/mol. The van der Waals surface area contributed by atoms with Crippen molar-refractivity contribution < 1.29 is 23.0 Å². The first-order chi connectivity index (χ1) is 13.5.